The van der Waals surface area contributed by atoms with E-state index in [0.717, 1.165) is 5.56 Å². The van der Waals surface area contributed by atoms with Crippen LogP contribution in [0.1, 0.15) is 11.1 Å². The van der Waals surface area contributed by atoms with E-state index in [1.165, 1.54) is 0 Å². The van der Waals surface area contributed by atoms with Crippen LogP contribution in [0.5, 0.6) is 5.75 Å². The Hall–Kier alpha value is -2.00. The smallest absolute Gasteiger partial charge is 0.241 e. The van der Waals surface area contributed by atoms with Crippen molar-refractivity contribution >= 4 is 21.6 Å². The second-order valence-electron chi connectivity index (χ2n) is 5.17. The topological polar surface area (TPSA) is 55.4 Å². The minimum absolute atomic E-state index is 0.0155. The summed E-state index contributed by atoms with van der Waals surface area (Å²) in [7, 11) is -3.57. The molecular formula is C18H18ClNO3S. The first-order chi connectivity index (χ1) is 11.4. The lowest BCUT2D eigenvalue weighted by atomic mass is 10.2. The molecular weight excluding hydrogens is 346 g/mol. The SMILES string of the molecule is Cc1ccc(C)c(S(=O)(=O)NCC#CCOc2ccccc2Cl)c1. The maximum atomic E-state index is 12.3. The molecule has 0 aliphatic heterocycles. The van der Waals surface area contributed by atoms with E-state index in [4.69, 9.17) is 16.3 Å². The van der Waals surface area contributed by atoms with E-state index in [9.17, 15) is 8.42 Å². The molecule has 2 aromatic rings. The normalized spacial score (nSPS) is 10.8. The number of aryl methyl sites for hydroxylation is 2. The molecule has 0 heterocycles. The van der Waals surface area contributed by atoms with E-state index in [0.29, 0.717) is 16.3 Å². The Labute approximate surface area is 147 Å². The fraction of sp³-hybridized carbons (Fsp3) is 0.222. The van der Waals surface area contributed by atoms with Gasteiger partial charge in [-0.25, -0.2) is 8.42 Å². The Kier molecular flexibility index (Phi) is 6.27. The Morgan fingerprint density at radius 2 is 1.88 bits per heavy atom. The number of ether oxygens (including phenoxy) is 1. The molecule has 0 radical (unpaired) electrons. The lowest BCUT2D eigenvalue weighted by Gasteiger charge is -2.08. The Balaban J connectivity index is 1.90. The van der Waals surface area contributed by atoms with Crippen molar-refractivity contribution in [3.8, 4) is 17.6 Å². The molecule has 0 unspecified atom stereocenters. The molecule has 1 N–H and O–H groups in total. The van der Waals surface area contributed by atoms with Crippen LogP contribution >= 0.6 is 11.6 Å². The van der Waals surface area contributed by atoms with Gasteiger partial charge < -0.3 is 4.74 Å². The number of hydrogen-bond donors (Lipinski definition) is 1. The lowest BCUT2D eigenvalue weighted by molar-refractivity contribution is 0.370. The zero-order valence-electron chi connectivity index (χ0n) is 13.5. The monoisotopic (exact) mass is 363 g/mol. The van der Waals surface area contributed by atoms with Gasteiger partial charge >= 0.3 is 0 Å². The highest BCUT2D eigenvalue weighted by Crippen LogP contribution is 2.22. The van der Waals surface area contributed by atoms with Gasteiger partial charge in [0.15, 0.2) is 0 Å². The minimum Gasteiger partial charge on any atom is -0.479 e. The third kappa shape index (κ3) is 5.00. The molecule has 4 nitrogen and oxygen atoms in total. The van der Waals surface area contributed by atoms with Crippen molar-refractivity contribution < 1.29 is 13.2 Å². The fourth-order valence-corrected chi connectivity index (χ4v) is 3.44. The number of halogens is 1. The minimum atomic E-state index is -3.57. The van der Waals surface area contributed by atoms with Gasteiger partial charge in [-0.2, -0.15) is 4.72 Å². The highest BCUT2D eigenvalue weighted by Gasteiger charge is 2.15. The van der Waals surface area contributed by atoms with Crippen LogP contribution in [0, 0.1) is 25.7 Å². The highest BCUT2D eigenvalue weighted by molar-refractivity contribution is 7.89. The zero-order chi connectivity index (χ0) is 17.6. The van der Waals surface area contributed by atoms with Crippen LogP contribution in [0.3, 0.4) is 0 Å². The van der Waals surface area contributed by atoms with E-state index in [1.807, 2.05) is 25.1 Å². The molecule has 2 aromatic carbocycles. The maximum absolute atomic E-state index is 12.3. The average molecular weight is 364 g/mol. The van der Waals surface area contributed by atoms with Gasteiger partial charge in [0.25, 0.3) is 0 Å². The van der Waals surface area contributed by atoms with Crippen LogP contribution in [0.15, 0.2) is 47.4 Å². The molecule has 24 heavy (non-hydrogen) atoms. The molecule has 0 fully saturated rings. The van der Waals surface area contributed by atoms with E-state index >= 15 is 0 Å². The zero-order valence-corrected chi connectivity index (χ0v) is 15.0. The summed E-state index contributed by atoms with van der Waals surface area (Å²) in [6.45, 7) is 3.76. The van der Waals surface area contributed by atoms with Gasteiger partial charge in [0.05, 0.1) is 16.5 Å². The summed E-state index contributed by atoms with van der Waals surface area (Å²) < 4.78 is 32.4. The standard InChI is InChI=1S/C18H18ClNO3S/c1-14-9-10-15(2)18(13-14)24(21,22)20-11-5-6-12-23-17-8-4-3-7-16(17)19/h3-4,7-10,13,20H,11-12H2,1-2H3. The Morgan fingerprint density at radius 1 is 1.12 bits per heavy atom. The first-order valence-electron chi connectivity index (χ1n) is 7.30. The van der Waals surface area contributed by atoms with E-state index < -0.39 is 10.0 Å². The quantitative estimate of drug-likeness (QED) is 0.829. The summed E-state index contributed by atoms with van der Waals surface area (Å²) in [5, 5.41) is 0.509. The third-order valence-electron chi connectivity index (χ3n) is 3.25. The number of para-hydroxylation sites is 1. The maximum Gasteiger partial charge on any atom is 0.241 e. The molecule has 0 bridgehead atoms. The van der Waals surface area contributed by atoms with Crippen molar-refractivity contribution in [3.05, 3.63) is 58.6 Å². The van der Waals surface area contributed by atoms with Crippen molar-refractivity contribution in [2.45, 2.75) is 18.7 Å². The predicted molar refractivity (Wildman–Crippen MR) is 95.8 cm³/mol. The summed E-state index contributed by atoms with van der Waals surface area (Å²) in [6.07, 6.45) is 0. The van der Waals surface area contributed by atoms with Gasteiger partial charge in [-0.3, -0.25) is 0 Å². The lowest BCUT2D eigenvalue weighted by Crippen LogP contribution is -2.24. The second kappa shape index (κ2) is 8.20. The van der Waals surface area contributed by atoms with Gasteiger partial charge in [-0.15, -0.1) is 0 Å². The second-order valence-corrected chi connectivity index (χ2v) is 7.31. The molecule has 2 rings (SSSR count). The molecule has 0 saturated carbocycles. The van der Waals surface area contributed by atoms with Crippen LogP contribution in [0.25, 0.3) is 0 Å². The molecule has 0 aliphatic rings. The Morgan fingerprint density at radius 3 is 2.62 bits per heavy atom. The first-order valence-corrected chi connectivity index (χ1v) is 9.16. The molecule has 6 heteroatoms. The van der Waals surface area contributed by atoms with Crippen molar-refractivity contribution in [1.82, 2.24) is 4.72 Å². The van der Waals surface area contributed by atoms with Crippen LogP contribution < -0.4 is 9.46 Å². The molecule has 0 spiro atoms. The van der Waals surface area contributed by atoms with E-state index in [1.54, 1.807) is 31.2 Å². The van der Waals surface area contributed by atoms with Crippen molar-refractivity contribution in [1.29, 1.82) is 0 Å². The van der Waals surface area contributed by atoms with Gasteiger partial charge in [0.2, 0.25) is 10.0 Å². The Bertz CT molecular complexity index is 883. The van der Waals surface area contributed by atoms with Crippen LogP contribution in [-0.4, -0.2) is 21.6 Å². The summed E-state index contributed by atoms with van der Waals surface area (Å²) in [6, 6.07) is 12.4. The number of rotatable bonds is 5. The summed E-state index contributed by atoms with van der Waals surface area (Å²) in [5.41, 5.74) is 1.59. The van der Waals surface area contributed by atoms with Crippen LogP contribution in [0.2, 0.25) is 5.02 Å². The first kappa shape index (κ1) is 18.3. The van der Waals surface area contributed by atoms with Crippen molar-refractivity contribution in [3.63, 3.8) is 0 Å². The molecule has 0 amide bonds. The summed E-state index contributed by atoms with van der Waals surface area (Å²) in [5.74, 6) is 6.03. The molecule has 0 atom stereocenters. The van der Waals surface area contributed by atoms with Gasteiger partial charge in [-0.1, -0.05) is 47.7 Å². The number of hydrogen-bond acceptors (Lipinski definition) is 3. The molecule has 0 aliphatic carbocycles. The largest absolute Gasteiger partial charge is 0.479 e. The predicted octanol–water partition coefficient (Wildman–Crippen LogP) is 3.32. The number of nitrogens with one attached hydrogen (secondary N) is 1. The van der Waals surface area contributed by atoms with Crippen molar-refractivity contribution in [2.75, 3.05) is 13.2 Å². The third-order valence-corrected chi connectivity index (χ3v) is 5.10. The summed E-state index contributed by atoms with van der Waals surface area (Å²) >= 11 is 5.95. The molecule has 0 aromatic heterocycles. The highest BCUT2D eigenvalue weighted by atomic mass is 35.5. The number of benzene rings is 2. The van der Waals surface area contributed by atoms with Crippen LogP contribution in [-0.2, 0) is 10.0 Å². The van der Waals surface area contributed by atoms with E-state index in [2.05, 4.69) is 16.6 Å². The van der Waals surface area contributed by atoms with Gasteiger partial charge in [-0.05, 0) is 43.2 Å². The average Bonchev–Trinajstić information content (AvgIpc) is 2.54. The van der Waals surface area contributed by atoms with Crippen LogP contribution in [0.4, 0.5) is 0 Å². The number of sulfonamides is 1. The summed E-state index contributed by atoms with van der Waals surface area (Å²) in [4.78, 5) is 0.275. The van der Waals surface area contributed by atoms with Gasteiger partial charge in [0, 0.05) is 0 Å². The molecule has 126 valence electrons. The van der Waals surface area contributed by atoms with E-state index in [-0.39, 0.29) is 18.0 Å². The van der Waals surface area contributed by atoms with Gasteiger partial charge in [0.1, 0.15) is 12.4 Å². The van der Waals surface area contributed by atoms with Crippen molar-refractivity contribution in [2.24, 2.45) is 0 Å². The fourth-order valence-electron chi connectivity index (χ4n) is 1.99. The molecule has 0 saturated heterocycles.